The maximum atomic E-state index is 13.5. The van der Waals surface area contributed by atoms with Crippen molar-refractivity contribution in [2.24, 2.45) is 5.92 Å². The minimum atomic E-state index is -0.158. The maximum absolute atomic E-state index is 13.5. The van der Waals surface area contributed by atoms with E-state index in [-0.39, 0.29) is 18.4 Å². The number of aromatic amines is 1. The molecule has 2 fully saturated rings. The normalized spacial score (nSPS) is 26.4. The minimum absolute atomic E-state index is 0.0543. The van der Waals surface area contributed by atoms with Gasteiger partial charge in [-0.2, -0.15) is 5.10 Å². The number of rotatable bonds is 2. The van der Waals surface area contributed by atoms with Crippen LogP contribution < -0.4 is 14.8 Å². The van der Waals surface area contributed by atoms with E-state index in [2.05, 4.69) is 32.5 Å². The van der Waals surface area contributed by atoms with E-state index in [1.54, 1.807) is 12.0 Å². The van der Waals surface area contributed by atoms with Gasteiger partial charge in [0.2, 0.25) is 5.91 Å². The van der Waals surface area contributed by atoms with Crippen LogP contribution in [0.5, 0.6) is 11.5 Å². The Hall–Kier alpha value is -3.07. The Morgan fingerprint density at radius 1 is 1.16 bits per heavy atom. The summed E-state index contributed by atoms with van der Waals surface area (Å²) in [5.74, 6) is 1.65. The van der Waals surface area contributed by atoms with Crippen LogP contribution in [0.2, 0.25) is 0 Å². The van der Waals surface area contributed by atoms with Gasteiger partial charge in [0.05, 0.1) is 20.3 Å². The molecule has 1 aliphatic carbocycles. The van der Waals surface area contributed by atoms with Gasteiger partial charge in [0, 0.05) is 36.4 Å². The van der Waals surface area contributed by atoms with Gasteiger partial charge in [0.1, 0.15) is 0 Å². The second-order valence-electron chi connectivity index (χ2n) is 10.8. The summed E-state index contributed by atoms with van der Waals surface area (Å²) < 4.78 is 11.8. The monoisotopic (exact) mass is 507 g/mol. The summed E-state index contributed by atoms with van der Waals surface area (Å²) in [6.07, 6.45) is 7.66. The number of nitrogens with one attached hydrogen (secondary N) is 2. The van der Waals surface area contributed by atoms with Crippen LogP contribution in [0.15, 0.2) is 18.2 Å². The Morgan fingerprint density at radius 3 is 2.97 bits per heavy atom. The molecular formula is C28H37N5O4. The summed E-state index contributed by atoms with van der Waals surface area (Å²) >= 11 is 0. The number of fused-ring (bicyclic) bond motifs is 9. The predicted octanol–water partition coefficient (Wildman–Crippen LogP) is 2.86. The zero-order chi connectivity index (χ0) is 25.4. The molecule has 9 heteroatoms. The smallest absolute Gasteiger partial charge is 0.275 e. The molecule has 0 spiro atoms. The number of carbonyl (C=O) groups is 2. The Morgan fingerprint density at radius 2 is 2.08 bits per heavy atom. The fourth-order valence-electron chi connectivity index (χ4n) is 6.81. The summed E-state index contributed by atoms with van der Waals surface area (Å²) in [4.78, 5) is 30.9. The lowest BCUT2D eigenvalue weighted by Gasteiger charge is -2.25. The van der Waals surface area contributed by atoms with E-state index in [4.69, 9.17) is 9.47 Å². The number of benzene rings is 1. The number of carbonyl (C=O) groups excluding carboxylic acids is 2. The van der Waals surface area contributed by atoms with Crippen molar-refractivity contribution in [2.75, 3.05) is 39.9 Å². The zero-order valence-corrected chi connectivity index (χ0v) is 21.6. The van der Waals surface area contributed by atoms with Gasteiger partial charge in [0.15, 0.2) is 17.2 Å². The van der Waals surface area contributed by atoms with Crippen molar-refractivity contribution in [3.05, 3.63) is 40.7 Å². The average molecular weight is 508 g/mol. The largest absolute Gasteiger partial charge is 0.493 e. The van der Waals surface area contributed by atoms with Crippen LogP contribution >= 0.6 is 0 Å². The van der Waals surface area contributed by atoms with Gasteiger partial charge < -0.3 is 19.7 Å². The molecule has 198 valence electrons. The highest BCUT2D eigenvalue weighted by atomic mass is 16.5. The van der Waals surface area contributed by atoms with Gasteiger partial charge in [-0.1, -0.05) is 6.07 Å². The molecule has 4 bridgehead atoms. The molecule has 0 saturated carbocycles. The number of nitrogens with zero attached hydrogens (tertiary/aromatic N) is 3. The van der Waals surface area contributed by atoms with Crippen molar-refractivity contribution in [2.45, 2.75) is 63.5 Å². The molecule has 0 radical (unpaired) electrons. The van der Waals surface area contributed by atoms with Gasteiger partial charge in [0.25, 0.3) is 5.91 Å². The molecule has 9 nitrogen and oxygen atoms in total. The fraction of sp³-hybridized carbons (Fsp3) is 0.607. The van der Waals surface area contributed by atoms with E-state index in [9.17, 15) is 9.59 Å². The standard InChI is InChI=1S/C28H37N5O4/c1-36-24-10-9-18-15-25(24)37-13-3-2-11-32(28(35)27-20-6-4-7-21(20)30-31-27)17-26(34)29-16-19-14-23(18)33-12-5-8-22(19)33/h9-10,15,19,22-23H,2-8,11-14,16-17H2,1H3,(H,29,34)(H,30,31)/t19-,22+,23-/m1/s1. The molecule has 37 heavy (non-hydrogen) atoms. The summed E-state index contributed by atoms with van der Waals surface area (Å²) in [6.45, 7) is 2.77. The first-order valence-corrected chi connectivity index (χ1v) is 13.8. The molecule has 4 aliphatic rings. The third-order valence-corrected chi connectivity index (χ3v) is 8.66. The highest BCUT2D eigenvalue weighted by Gasteiger charge is 2.44. The number of amides is 2. The van der Waals surface area contributed by atoms with E-state index >= 15 is 0 Å². The quantitative estimate of drug-likeness (QED) is 0.649. The van der Waals surface area contributed by atoms with Gasteiger partial charge >= 0.3 is 0 Å². The summed E-state index contributed by atoms with van der Waals surface area (Å²) in [7, 11) is 1.67. The van der Waals surface area contributed by atoms with E-state index < -0.39 is 0 Å². The highest BCUT2D eigenvalue weighted by Crippen LogP contribution is 2.46. The number of methoxy groups -OCH3 is 1. The van der Waals surface area contributed by atoms with E-state index in [1.165, 1.54) is 12.0 Å². The highest BCUT2D eigenvalue weighted by molar-refractivity contribution is 5.96. The summed E-state index contributed by atoms with van der Waals surface area (Å²) in [5, 5.41) is 10.5. The summed E-state index contributed by atoms with van der Waals surface area (Å²) in [5.41, 5.74) is 3.81. The number of aromatic nitrogens is 2. The van der Waals surface area contributed by atoms with E-state index in [1.807, 2.05) is 6.07 Å². The first-order chi connectivity index (χ1) is 18.1. The number of ether oxygens (including phenoxy) is 2. The molecule has 2 saturated heterocycles. The van der Waals surface area contributed by atoms with Crippen LogP contribution in [-0.2, 0) is 17.6 Å². The van der Waals surface area contributed by atoms with Gasteiger partial charge in [-0.25, -0.2) is 0 Å². The maximum Gasteiger partial charge on any atom is 0.275 e. The summed E-state index contributed by atoms with van der Waals surface area (Å²) in [6, 6.07) is 7.09. The second kappa shape index (κ2) is 10.4. The molecule has 3 atom stereocenters. The molecule has 1 aromatic carbocycles. The van der Waals surface area contributed by atoms with Crippen LogP contribution in [0.25, 0.3) is 0 Å². The predicted molar refractivity (Wildman–Crippen MR) is 138 cm³/mol. The third kappa shape index (κ3) is 4.69. The Bertz CT molecular complexity index is 1160. The van der Waals surface area contributed by atoms with Crippen molar-refractivity contribution in [1.29, 1.82) is 0 Å². The average Bonchev–Trinajstić information content (AvgIpc) is 3.68. The molecule has 1 aromatic heterocycles. The zero-order valence-electron chi connectivity index (χ0n) is 21.6. The molecular weight excluding hydrogens is 470 g/mol. The first kappa shape index (κ1) is 24.3. The molecule has 0 unspecified atom stereocenters. The topological polar surface area (TPSA) is 99.8 Å². The third-order valence-electron chi connectivity index (χ3n) is 8.66. The number of hydrogen-bond acceptors (Lipinski definition) is 6. The minimum Gasteiger partial charge on any atom is -0.493 e. The van der Waals surface area contributed by atoms with Gasteiger partial charge in [-0.3, -0.25) is 19.6 Å². The number of hydrogen-bond donors (Lipinski definition) is 2. The molecule has 3 aliphatic heterocycles. The molecule has 2 aromatic rings. The number of H-pyrrole nitrogens is 1. The van der Waals surface area contributed by atoms with Gasteiger partial charge in [-0.15, -0.1) is 0 Å². The first-order valence-electron chi connectivity index (χ1n) is 13.8. The van der Waals surface area contributed by atoms with Crippen molar-refractivity contribution in [1.82, 2.24) is 25.3 Å². The van der Waals surface area contributed by atoms with Crippen molar-refractivity contribution >= 4 is 11.8 Å². The van der Waals surface area contributed by atoms with Crippen molar-refractivity contribution in [3.8, 4) is 11.5 Å². The van der Waals surface area contributed by atoms with Crippen LogP contribution in [0.3, 0.4) is 0 Å². The molecule has 2 amide bonds. The molecule has 2 N–H and O–H groups in total. The van der Waals surface area contributed by atoms with Crippen LogP contribution in [-0.4, -0.2) is 77.7 Å². The SMILES string of the molecule is COc1ccc2cc1OCCCCN(C(=O)c1n[nH]c3c1CCC3)CC(=O)NC[C@H]1C[C@H]2N2CCC[C@@H]12. The number of aryl methyl sites for hydroxylation is 1. The van der Waals surface area contributed by atoms with Crippen LogP contribution in [0.1, 0.15) is 71.9 Å². The molecule has 6 rings (SSSR count). The Balaban J connectivity index is 1.24. The Kier molecular flexibility index (Phi) is 6.80. The lowest BCUT2D eigenvalue weighted by Crippen LogP contribution is -2.43. The Labute approximate surface area is 217 Å². The lowest BCUT2D eigenvalue weighted by atomic mass is 9.94. The van der Waals surface area contributed by atoms with E-state index in [0.717, 1.165) is 74.2 Å². The van der Waals surface area contributed by atoms with Crippen LogP contribution in [0, 0.1) is 5.92 Å². The second-order valence-corrected chi connectivity index (χ2v) is 10.8. The van der Waals surface area contributed by atoms with Gasteiger partial charge in [-0.05, 0) is 81.5 Å². The van der Waals surface area contributed by atoms with Crippen molar-refractivity contribution < 1.29 is 19.1 Å². The van der Waals surface area contributed by atoms with E-state index in [0.29, 0.717) is 43.4 Å². The lowest BCUT2D eigenvalue weighted by molar-refractivity contribution is -0.122. The van der Waals surface area contributed by atoms with Crippen molar-refractivity contribution in [3.63, 3.8) is 0 Å². The molecule has 4 heterocycles. The fourth-order valence-corrected chi connectivity index (χ4v) is 6.81. The van der Waals surface area contributed by atoms with Crippen LogP contribution in [0.4, 0.5) is 0 Å².